The Balaban J connectivity index is 2.08. The minimum Gasteiger partial charge on any atom is -0.325 e. The van der Waals surface area contributed by atoms with Gasteiger partial charge in [-0.15, -0.1) is 0 Å². The van der Waals surface area contributed by atoms with Crippen LogP contribution in [0.15, 0.2) is 46.2 Å². The average molecular weight is 338 g/mol. The van der Waals surface area contributed by atoms with Crippen molar-refractivity contribution < 1.29 is 0 Å². The Labute approximate surface area is 145 Å². The molecule has 2 heterocycles. The Morgan fingerprint density at radius 2 is 1.80 bits per heavy atom. The average Bonchev–Trinajstić information content (AvgIpc) is 3.08. The first-order chi connectivity index (χ1) is 12.2. The third-order valence-electron chi connectivity index (χ3n) is 5.14. The molecule has 1 aromatic carbocycles. The Morgan fingerprint density at radius 3 is 2.48 bits per heavy atom. The fourth-order valence-corrected chi connectivity index (χ4v) is 3.86. The zero-order valence-electron chi connectivity index (χ0n) is 14.4. The van der Waals surface area contributed by atoms with Crippen molar-refractivity contribution in [2.45, 2.75) is 51.6 Å². The number of aromatic nitrogens is 4. The van der Waals surface area contributed by atoms with Gasteiger partial charge in [-0.25, -0.2) is 14.3 Å². The molecule has 25 heavy (non-hydrogen) atoms. The number of hydrogen-bond acceptors (Lipinski definition) is 3. The van der Waals surface area contributed by atoms with Crippen LogP contribution in [-0.2, 0) is 6.54 Å². The maximum absolute atomic E-state index is 13.3. The first-order valence-corrected chi connectivity index (χ1v) is 9.00. The van der Waals surface area contributed by atoms with Gasteiger partial charge in [-0.3, -0.25) is 9.36 Å². The second-order valence-corrected chi connectivity index (χ2v) is 6.62. The quantitative estimate of drug-likeness (QED) is 0.738. The van der Waals surface area contributed by atoms with E-state index >= 15 is 0 Å². The van der Waals surface area contributed by atoms with E-state index in [9.17, 15) is 9.59 Å². The maximum atomic E-state index is 13.3. The molecule has 1 aliphatic carbocycles. The van der Waals surface area contributed by atoms with E-state index in [1.807, 2.05) is 41.8 Å². The first kappa shape index (κ1) is 15.9. The van der Waals surface area contributed by atoms with Gasteiger partial charge in [-0.1, -0.05) is 37.5 Å². The smallest absolute Gasteiger partial charge is 0.325 e. The van der Waals surface area contributed by atoms with Crippen LogP contribution in [0.3, 0.4) is 0 Å². The Kier molecular flexibility index (Phi) is 4.03. The van der Waals surface area contributed by atoms with E-state index in [2.05, 4.69) is 4.98 Å². The van der Waals surface area contributed by atoms with Gasteiger partial charge < -0.3 is 4.57 Å². The van der Waals surface area contributed by atoms with Crippen LogP contribution in [0, 0.1) is 0 Å². The monoisotopic (exact) mass is 338 g/mol. The van der Waals surface area contributed by atoms with Crippen LogP contribution in [0.2, 0.25) is 0 Å². The van der Waals surface area contributed by atoms with Gasteiger partial charge in [0.2, 0.25) is 0 Å². The summed E-state index contributed by atoms with van der Waals surface area (Å²) >= 11 is 0. The third-order valence-corrected chi connectivity index (χ3v) is 5.14. The predicted molar refractivity (Wildman–Crippen MR) is 97.4 cm³/mol. The lowest BCUT2D eigenvalue weighted by Gasteiger charge is -2.24. The van der Waals surface area contributed by atoms with Crippen molar-refractivity contribution >= 4 is 11.2 Å². The van der Waals surface area contributed by atoms with E-state index in [0.29, 0.717) is 17.7 Å². The minimum atomic E-state index is -0.281. The second kappa shape index (κ2) is 6.35. The SMILES string of the molecule is CCn1cnc2c1c(=O)n(C1CCCCC1)c(=O)n2-c1ccccc1. The molecule has 1 saturated carbocycles. The van der Waals surface area contributed by atoms with Crippen LogP contribution < -0.4 is 11.2 Å². The number of para-hydroxylation sites is 1. The van der Waals surface area contributed by atoms with E-state index in [1.54, 1.807) is 10.9 Å². The Hall–Kier alpha value is -2.63. The number of rotatable bonds is 3. The number of fused-ring (bicyclic) bond motifs is 1. The number of benzene rings is 1. The molecule has 2 aromatic heterocycles. The summed E-state index contributed by atoms with van der Waals surface area (Å²) in [5.74, 6) is 0. The third kappa shape index (κ3) is 2.52. The lowest BCUT2D eigenvalue weighted by Crippen LogP contribution is -2.42. The molecular weight excluding hydrogens is 316 g/mol. The Bertz CT molecular complexity index is 1010. The predicted octanol–water partition coefficient (Wildman–Crippen LogP) is 2.87. The maximum Gasteiger partial charge on any atom is 0.337 e. The molecule has 0 aliphatic heterocycles. The van der Waals surface area contributed by atoms with Crippen molar-refractivity contribution in [2.24, 2.45) is 0 Å². The van der Waals surface area contributed by atoms with Gasteiger partial charge in [-0.05, 0) is 31.9 Å². The van der Waals surface area contributed by atoms with Crippen molar-refractivity contribution in [2.75, 3.05) is 0 Å². The van der Waals surface area contributed by atoms with E-state index < -0.39 is 0 Å². The van der Waals surface area contributed by atoms with E-state index in [1.165, 1.54) is 11.0 Å². The van der Waals surface area contributed by atoms with E-state index in [4.69, 9.17) is 0 Å². The number of imidazole rings is 1. The lowest BCUT2D eigenvalue weighted by atomic mass is 9.95. The summed E-state index contributed by atoms with van der Waals surface area (Å²) in [6.07, 6.45) is 6.72. The topological polar surface area (TPSA) is 61.8 Å². The first-order valence-electron chi connectivity index (χ1n) is 9.00. The van der Waals surface area contributed by atoms with Gasteiger partial charge in [0.05, 0.1) is 12.0 Å². The van der Waals surface area contributed by atoms with E-state index in [-0.39, 0.29) is 17.3 Å². The van der Waals surface area contributed by atoms with Gasteiger partial charge in [0, 0.05) is 12.6 Å². The standard InChI is InChI=1S/C19H22N4O2/c1-2-21-13-20-17-16(21)18(24)23(15-11-7-4-8-12-15)19(25)22(17)14-9-5-3-6-10-14/h3,5-6,9-10,13,15H,2,4,7-8,11-12H2,1H3. The van der Waals surface area contributed by atoms with Gasteiger partial charge in [-0.2, -0.15) is 0 Å². The lowest BCUT2D eigenvalue weighted by molar-refractivity contribution is 0.335. The van der Waals surface area contributed by atoms with Crippen LogP contribution >= 0.6 is 0 Å². The molecule has 0 bridgehead atoms. The van der Waals surface area contributed by atoms with Crippen molar-refractivity contribution in [3.63, 3.8) is 0 Å². The molecule has 0 atom stereocenters. The molecule has 0 unspecified atom stereocenters. The summed E-state index contributed by atoms with van der Waals surface area (Å²) in [5.41, 5.74) is 1.20. The number of hydrogen-bond donors (Lipinski definition) is 0. The summed E-state index contributed by atoms with van der Waals surface area (Å²) in [4.78, 5) is 30.8. The molecule has 6 nitrogen and oxygen atoms in total. The van der Waals surface area contributed by atoms with Crippen LogP contribution in [-0.4, -0.2) is 18.7 Å². The zero-order valence-corrected chi connectivity index (χ0v) is 14.4. The van der Waals surface area contributed by atoms with Gasteiger partial charge >= 0.3 is 5.69 Å². The van der Waals surface area contributed by atoms with Gasteiger partial charge in [0.1, 0.15) is 0 Å². The highest BCUT2D eigenvalue weighted by atomic mass is 16.2. The Morgan fingerprint density at radius 1 is 1.08 bits per heavy atom. The summed E-state index contributed by atoms with van der Waals surface area (Å²) in [5, 5.41) is 0. The molecule has 0 amide bonds. The molecule has 0 N–H and O–H groups in total. The normalized spacial score (nSPS) is 15.7. The summed E-state index contributed by atoms with van der Waals surface area (Å²) in [7, 11) is 0. The highest BCUT2D eigenvalue weighted by Gasteiger charge is 2.24. The summed E-state index contributed by atoms with van der Waals surface area (Å²) in [6, 6.07) is 9.42. The molecule has 4 rings (SSSR count). The van der Waals surface area contributed by atoms with Gasteiger partial charge in [0.25, 0.3) is 5.56 Å². The second-order valence-electron chi connectivity index (χ2n) is 6.62. The van der Waals surface area contributed by atoms with E-state index in [0.717, 1.165) is 31.4 Å². The molecule has 0 saturated heterocycles. The zero-order chi connectivity index (χ0) is 17.4. The molecule has 1 fully saturated rings. The molecule has 130 valence electrons. The summed E-state index contributed by atoms with van der Waals surface area (Å²) in [6.45, 7) is 2.62. The number of aryl methyl sites for hydroxylation is 1. The van der Waals surface area contributed by atoms with Crippen LogP contribution in [0.5, 0.6) is 0 Å². The van der Waals surface area contributed by atoms with Crippen LogP contribution in [0.25, 0.3) is 16.9 Å². The largest absolute Gasteiger partial charge is 0.337 e. The van der Waals surface area contributed by atoms with Crippen molar-refractivity contribution in [1.82, 2.24) is 18.7 Å². The molecule has 6 heteroatoms. The highest BCUT2D eigenvalue weighted by Crippen LogP contribution is 2.26. The molecule has 0 spiro atoms. The molecule has 3 aromatic rings. The van der Waals surface area contributed by atoms with Crippen LogP contribution in [0.4, 0.5) is 0 Å². The number of nitrogens with zero attached hydrogens (tertiary/aromatic N) is 4. The minimum absolute atomic E-state index is 0.0201. The molecular formula is C19H22N4O2. The molecule has 0 radical (unpaired) electrons. The summed E-state index contributed by atoms with van der Waals surface area (Å²) < 4.78 is 4.88. The highest BCUT2D eigenvalue weighted by molar-refractivity contribution is 5.72. The van der Waals surface area contributed by atoms with Crippen molar-refractivity contribution in [3.05, 3.63) is 57.5 Å². The van der Waals surface area contributed by atoms with Crippen LogP contribution in [0.1, 0.15) is 45.1 Å². The van der Waals surface area contributed by atoms with Gasteiger partial charge in [0.15, 0.2) is 11.2 Å². The fraction of sp³-hybridized carbons (Fsp3) is 0.421. The van der Waals surface area contributed by atoms with Crippen molar-refractivity contribution in [3.8, 4) is 5.69 Å². The fourth-order valence-electron chi connectivity index (χ4n) is 3.86. The van der Waals surface area contributed by atoms with Crippen molar-refractivity contribution in [1.29, 1.82) is 0 Å². The molecule has 1 aliphatic rings.